The van der Waals surface area contributed by atoms with Gasteiger partial charge < -0.3 is 10.4 Å². The highest BCUT2D eigenvalue weighted by atomic mass is 32.2. The molecule has 0 aromatic carbocycles. The van der Waals surface area contributed by atoms with Crippen LogP contribution in [0.2, 0.25) is 0 Å². The van der Waals surface area contributed by atoms with Gasteiger partial charge in [0.15, 0.2) is 0 Å². The Bertz CT molecular complexity index is 189. The van der Waals surface area contributed by atoms with Crippen LogP contribution in [-0.2, 0) is 9.84 Å². The second kappa shape index (κ2) is 6.39. The van der Waals surface area contributed by atoms with Crippen LogP contribution in [0.3, 0.4) is 0 Å². The molecule has 4 nitrogen and oxygen atoms in total. The Hall–Kier alpha value is -0.130. The van der Waals surface area contributed by atoms with Crippen molar-refractivity contribution in [3.8, 4) is 0 Å². The molecular weight excluding hydrogens is 178 g/mol. The smallest absolute Gasteiger partial charge is 0.147 e. The highest BCUT2D eigenvalue weighted by molar-refractivity contribution is 7.90. The summed E-state index contributed by atoms with van der Waals surface area (Å²) in [7, 11) is -2.81. The first kappa shape index (κ1) is 11.9. The molecule has 74 valence electrons. The third kappa shape index (κ3) is 9.87. The van der Waals surface area contributed by atoms with Crippen LogP contribution in [0.5, 0.6) is 0 Å². The monoisotopic (exact) mass is 195 g/mol. The lowest BCUT2D eigenvalue weighted by molar-refractivity contribution is 0.286. The Labute approximate surface area is 73.9 Å². The van der Waals surface area contributed by atoms with Gasteiger partial charge in [0.25, 0.3) is 0 Å². The first-order valence-electron chi connectivity index (χ1n) is 4.05. The maximum Gasteiger partial charge on any atom is 0.147 e. The maximum atomic E-state index is 10.7. The third-order valence-electron chi connectivity index (χ3n) is 1.38. The van der Waals surface area contributed by atoms with Gasteiger partial charge in [-0.05, 0) is 25.9 Å². The summed E-state index contributed by atoms with van der Waals surface area (Å²) in [5.74, 6) is 0.235. The minimum absolute atomic E-state index is 0.180. The Morgan fingerprint density at radius 2 is 1.83 bits per heavy atom. The minimum atomic E-state index is -2.81. The van der Waals surface area contributed by atoms with Gasteiger partial charge in [-0.15, -0.1) is 0 Å². The van der Waals surface area contributed by atoms with E-state index in [9.17, 15) is 8.42 Å². The molecule has 2 N–H and O–H groups in total. The van der Waals surface area contributed by atoms with Crippen LogP contribution in [0, 0.1) is 0 Å². The molecule has 0 atom stereocenters. The Kier molecular flexibility index (Phi) is 6.32. The molecule has 0 radical (unpaired) electrons. The number of aliphatic hydroxyl groups is 1. The molecule has 0 aliphatic heterocycles. The number of rotatable bonds is 7. The van der Waals surface area contributed by atoms with Crippen molar-refractivity contribution >= 4 is 9.84 Å². The molecule has 0 bridgehead atoms. The van der Waals surface area contributed by atoms with Crippen molar-refractivity contribution in [2.24, 2.45) is 0 Å². The van der Waals surface area contributed by atoms with E-state index in [1.807, 2.05) is 0 Å². The van der Waals surface area contributed by atoms with Crippen molar-refractivity contribution in [1.29, 1.82) is 0 Å². The number of hydrogen-bond acceptors (Lipinski definition) is 4. The molecule has 12 heavy (non-hydrogen) atoms. The molecule has 0 aromatic rings. The Morgan fingerprint density at radius 1 is 1.25 bits per heavy atom. The molecule has 0 heterocycles. The van der Waals surface area contributed by atoms with E-state index in [1.165, 1.54) is 6.26 Å². The molecule has 0 saturated heterocycles. The van der Waals surface area contributed by atoms with E-state index in [0.717, 1.165) is 13.0 Å². The molecule has 5 heteroatoms. The highest BCUT2D eigenvalue weighted by Crippen LogP contribution is 1.86. The zero-order valence-corrected chi connectivity index (χ0v) is 8.23. The standard InChI is InChI=1S/C7H17NO3S/c1-12(10,11)7-3-5-8-4-2-6-9/h8-9H,2-7H2,1H3. The highest BCUT2D eigenvalue weighted by Gasteiger charge is 1.99. The van der Waals surface area contributed by atoms with E-state index in [0.29, 0.717) is 13.0 Å². The molecule has 0 spiro atoms. The summed E-state index contributed by atoms with van der Waals surface area (Å²) >= 11 is 0. The maximum absolute atomic E-state index is 10.7. The van der Waals surface area contributed by atoms with Crippen LogP contribution in [0.25, 0.3) is 0 Å². The lowest BCUT2D eigenvalue weighted by Crippen LogP contribution is -2.20. The van der Waals surface area contributed by atoms with E-state index < -0.39 is 9.84 Å². The molecule has 0 aliphatic carbocycles. The molecule has 0 aromatic heterocycles. The summed E-state index contributed by atoms with van der Waals surface area (Å²) in [4.78, 5) is 0. The first-order valence-corrected chi connectivity index (χ1v) is 6.11. The summed E-state index contributed by atoms with van der Waals surface area (Å²) in [6.07, 6.45) is 2.60. The third-order valence-corrected chi connectivity index (χ3v) is 2.41. The van der Waals surface area contributed by atoms with Crippen molar-refractivity contribution in [3.63, 3.8) is 0 Å². The average Bonchev–Trinajstić information content (AvgIpc) is 1.94. The molecule has 0 fully saturated rings. The lowest BCUT2D eigenvalue weighted by Gasteiger charge is -2.01. The number of nitrogens with one attached hydrogen (secondary N) is 1. The largest absolute Gasteiger partial charge is 0.396 e. The van der Waals surface area contributed by atoms with Gasteiger partial charge >= 0.3 is 0 Å². The lowest BCUT2D eigenvalue weighted by atomic mass is 10.4. The van der Waals surface area contributed by atoms with Crippen LogP contribution < -0.4 is 5.32 Å². The normalized spacial score (nSPS) is 11.8. The van der Waals surface area contributed by atoms with Gasteiger partial charge in [0, 0.05) is 12.9 Å². The molecule has 0 rings (SSSR count). The Morgan fingerprint density at radius 3 is 2.33 bits per heavy atom. The fourth-order valence-corrected chi connectivity index (χ4v) is 1.46. The van der Waals surface area contributed by atoms with Gasteiger partial charge in [-0.3, -0.25) is 0 Å². The van der Waals surface area contributed by atoms with E-state index in [-0.39, 0.29) is 12.4 Å². The van der Waals surface area contributed by atoms with Crippen molar-refractivity contribution in [1.82, 2.24) is 5.32 Å². The van der Waals surface area contributed by atoms with Gasteiger partial charge in [-0.2, -0.15) is 0 Å². The topological polar surface area (TPSA) is 66.4 Å². The van der Waals surface area contributed by atoms with Crippen LogP contribution in [0.1, 0.15) is 12.8 Å². The average molecular weight is 195 g/mol. The summed E-state index contributed by atoms with van der Waals surface area (Å²) < 4.78 is 21.3. The minimum Gasteiger partial charge on any atom is -0.396 e. The predicted octanol–water partition coefficient (Wildman–Crippen LogP) is -0.607. The molecular formula is C7H17NO3S. The molecule has 0 aliphatic rings. The van der Waals surface area contributed by atoms with Gasteiger partial charge in [0.05, 0.1) is 5.75 Å². The van der Waals surface area contributed by atoms with E-state index in [2.05, 4.69) is 5.32 Å². The quantitative estimate of drug-likeness (QED) is 0.532. The van der Waals surface area contributed by atoms with Gasteiger partial charge in [-0.1, -0.05) is 0 Å². The van der Waals surface area contributed by atoms with Crippen molar-refractivity contribution in [2.75, 3.05) is 31.7 Å². The van der Waals surface area contributed by atoms with E-state index >= 15 is 0 Å². The van der Waals surface area contributed by atoms with Crippen LogP contribution in [0.15, 0.2) is 0 Å². The Balaban J connectivity index is 3.12. The number of hydrogen-bond donors (Lipinski definition) is 2. The van der Waals surface area contributed by atoms with Gasteiger partial charge in [-0.25, -0.2) is 8.42 Å². The van der Waals surface area contributed by atoms with Crippen LogP contribution >= 0.6 is 0 Å². The SMILES string of the molecule is CS(=O)(=O)CCCNCCCO. The van der Waals surface area contributed by atoms with Crippen molar-refractivity contribution in [2.45, 2.75) is 12.8 Å². The van der Waals surface area contributed by atoms with Crippen molar-refractivity contribution in [3.05, 3.63) is 0 Å². The first-order chi connectivity index (χ1) is 5.56. The van der Waals surface area contributed by atoms with Gasteiger partial charge in [0.1, 0.15) is 9.84 Å². The van der Waals surface area contributed by atoms with E-state index in [1.54, 1.807) is 0 Å². The summed E-state index contributed by atoms with van der Waals surface area (Å²) in [5.41, 5.74) is 0. The fraction of sp³-hybridized carbons (Fsp3) is 1.00. The van der Waals surface area contributed by atoms with E-state index in [4.69, 9.17) is 5.11 Å². The molecule has 0 unspecified atom stereocenters. The summed E-state index contributed by atoms with van der Waals surface area (Å²) in [6, 6.07) is 0. The zero-order valence-electron chi connectivity index (χ0n) is 7.41. The number of aliphatic hydroxyl groups excluding tert-OH is 1. The molecule has 0 saturated carbocycles. The van der Waals surface area contributed by atoms with Crippen LogP contribution in [0.4, 0.5) is 0 Å². The fourth-order valence-electron chi connectivity index (χ4n) is 0.788. The molecule has 0 amide bonds. The predicted molar refractivity (Wildman–Crippen MR) is 48.9 cm³/mol. The second-order valence-electron chi connectivity index (χ2n) is 2.81. The number of sulfone groups is 1. The second-order valence-corrected chi connectivity index (χ2v) is 5.07. The summed E-state index contributed by atoms with van der Waals surface area (Å²) in [5, 5.41) is 11.5. The summed E-state index contributed by atoms with van der Waals surface area (Å²) in [6.45, 7) is 1.63. The zero-order chi connectivity index (χ0) is 9.45. The van der Waals surface area contributed by atoms with Gasteiger partial charge in [0.2, 0.25) is 0 Å². The van der Waals surface area contributed by atoms with Crippen LogP contribution in [-0.4, -0.2) is 45.2 Å². The van der Waals surface area contributed by atoms with Crippen molar-refractivity contribution < 1.29 is 13.5 Å².